The average molecular weight is 460 g/mol. The molecule has 0 aliphatic carbocycles. The van der Waals surface area contributed by atoms with E-state index in [2.05, 4.69) is 32.6 Å². The van der Waals surface area contributed by atoms with Crippen molar-refractivity contribution in [2.24, 2.45) is 5.73 Å². The van der Waals surface area contributed by atoms with Gasteiger partial charge in [0.15, 0.2) is 5.78 Å². The third kappa shape index (κ3) is 12.7. The number of carbonyl (C=O) groups is 1. The summed E-state index contributed by atoms with van der Waals surface area (Å²) in [7, 11) is 0. The summed E-state index contributed by atoms with van der Waals surface area (Å²) in [4.78, 5) is 11.1. The number of ketones is 1. The van der Waals surface area contributed by atoms with Crippen molar-refractivity contribution >= 4 is 23.1 Å². The molecule has 0 saturated heterocycles. The maximum atomic E-state index is 11.1. The molecule has 3 heteroatoms. The van der Waals surface area contributed by atoms with Crippen LogP contribution in [0.1, 0.15) is 114 Å². The van der Waals surface area contributed by atoms with Gasteiger partial charge in [0.1, 0.15) is 0 Å². The summed E-state index contributed by atoms with van der Waals surface area (Å²) in [6.07, 6.45) is 6.54. The number of rotatable bonds is 8. The number of hydrogen-bond acceptors (Lipinski definition) is 2. The summed E-state index contributed by atoms with van der Waals surface area (Å²) in [5.41, 5.74) is 10.1. The maximum Gasteiger partial charge on any atom is 0.159 e. The van der Waals surface area contributed by atoms with E-state index < -0.39 is 0 Å². The van der Waals surface area contributed by atoms with Crippen LogP contribution in [0.5, 0.6) is 0 Å². The Balaban J connectivity index is 0. The van der Waals surface area contributed by atoms with Gasteiger partial charge in [-0.1, -0.05) is 103 Å². The van der Waals surface area contributed by atoms with Gasteiger partial charge in [-0.2, -0.15) is 0 Å². The first-order chi connectivity index (χ1) is 15.3. The molecule has 0 spiro atoms. The number of Topliss-reactive ketones (excluding diaryl/α,β-unsaturated/α-hetero) is 1. The largest absolute Gasteiger partial charge is 0.399 e. The number of aryl methyl sites for hydroxylation is 1. The molecule has 0 bridgehead atoms. The van der Waals surface area contributed by atoms with E-state index in [4.69, 9.17) is 17.3 Å². The number of nitrogens with two attached hydrogens (primary N) is 1. The van der Waals surface area contributed by atoms with Crippen molar-refractivity contribution in [2.75, 3.05) is 0 Å². The third-order valence-electron chi connectivity index (χ3n) is 4.98. The van der Waals surface area contributed by atoms with Gasteiger partial charge in [0.05, 0.1) is 0 Å². The average Bonchev–Trinajstić information content (AvgIpc) is 2.80. The molecule has 2 aromatic carbocycles. The van der Waals surface area contributed by atoms with Crippen molar-refractivity contribution in [1.82, 2.24) is 0 Å². The Morgan fingerprint density at radius 1 is 1.00 bits per heavy atom. The smallest absolute Gasteiger partial charge is 0.159 e. The van der Waals surface area contributed by atoms with Crippen LogP contribution >= 0.6 is 11.6 Å². The quantitative estimate of drug-likeness (QED) is 0.315. The summed E-state index contributed by atoms with van der Waals surface area (Å²) in [5.74, 6) is 0.760. The number of halogens is 1. The fraction of sp³-hybridized carbons (Fsp3) is 0.483. The Morgan fingerprint density at radius 2 is 1.56 bits per heavy atom. The van der Waals surface area contributed by atoms with Gasteiger partial charge in [0.2, 0.25) is 0 Å². The van der Waals surface area contributed by atoms with Crippen molar-refractivity contribution in [3.8, 4) is 0 Å². The molecule has 0 heterocycles. The first kappa shape index (κ1) is 32.1. The summed E-state index contributed by atoms with van der Waals surface area (Å²) >= 11 is 5.89. The van der Waals surface area contributed by atoms with Crippen molar-refractivity contribution in [3.05, 3.63) is 76.3 Å². The molecule has 2 N–H and O–H groups in total. The second kappa shape index (κ2) is 19.6. The van der Waals surface area contributed by atoms with Gasteiger partial charge in [-0.05, 0) is 61.9 Å². The molecular weight excluding hydrogens is 414 g/mol. The molecule has 32 heavy (non-hydrogen) atoms. The van der Waals surface area contributed by atoms with Crippen LogP contribution in [0.4, 0.5) is 0 Å². The van der Waals surface area contributed by atoms with Crippen LogP contribution < -0.4 is 5.73 Å². The second-order valence-corrected chi connectivity index (χ2v) is 7.70. The van der Waals surface area contributed by atoms with Crippen LogP contribution in [0.25, 0.3) is 5.70 Å². The number of unbranched alkanes of at least 4 members (excludes halogenated alkanes) is 2. The van der Waals surface area contributed by atoms with Gasteiger partial charge in [-0.15, -0.1) is 0 Å². The fourth-order valence-corrected chi connectivity index (χ4v) is 3.30. The van der Waals surface area contributed by atoms with Crippen molar-refractivity contribution in [3.63, 3.8) is 0 Å². The number of hydrogen-bond donors (Lipinski definition) is 1. The Hall–Kier alpha value is -2.06. The molecule has 0 aliphatic rings. The van der Waals surface area contributed by atoms with E-state index >= 15 is 0 Å². The highest BCUT2D eigenvalue weighted by atomic mass is 35.5. The lowest BCUT2D eigenvalue weighted by molar-refractivity contribution is 0.101. The molecule has 0 saturated carbocycles. The summed E-state index contributed by atoms with van der Waals surface area (Å²) in [6, 6.07) is 13.8. The topological polar surface area (TPSA) is 43.1 Å². The minimum Gasteiger partial charge on any atom is -0.399 e. The van der Waals surface area contributed by atoms with Crippen LogP contribution in [-0.2, 0) is 0 Å². The normalized spacial score (nSPS) is 10.3. The predicted octanol–water partition coefficient (Wildman–Crippen LogP) is 9.59. The van der Waals surface area contributed by atoms with E-state index in [0.717, 1.165) is 16.1 Å². The molecule has 2 aromatic rings. The fourth-order valence-electron chi connectivity index (χ4n) is 3.17. The molecule has 0 amide bonds. The zero-order valence-corrected chi connectivity index (χ0v) is 22.5. The summed E-state index contributed by atoms with van der Waals surface area (Å²) in [5, 5.41) is 0.835. The molecule has 2 nitrogen and oxygen atoms in total. The van der Waals surface area contributed by atoms with Gasteiger partial charge >= 0.3 is 0 Å². The van der Waals surface area contributed by atoms with Gasteiger partial charge in [0, 0.05) is 21.8 Å². The molecule has 1 unspecified atom stereocenters. The lowest BCUT2D eigenvalue weighted by Gasteiger charge is -2.15. The molecule has 0 aromatic heterocycles. The Morgan fingerprint density at radius 3 is 2.00 bits per heavy atom. The van der Waals surface area contributed by atoms with Gasteiger partial charge in [-0.25, -0.2) is 0 Å². The molecule has 2 rings (SSSR count). The molecule has 1 atom stereocenters. The second-order valence-electron chi connectivity index (χ2n) is 7.26. The Bertz CT molecular complexity index is 765. The monoisotopic (exact) mass is 459 g/mol. The van der Waals surface area contributed by atoms with Gasteiger partial charge in [0.25, 0.3) is 0 Å². The number of carbonyl (C=O) groups excluding carboxylic acids is 1. The van der Waals surface area contributed by atoms with Gasteiger partial charge in [-0.3, -0.25) is 4.79 Å². The highest BCUT2D eigenvalue weighted by Crippen LogP contribution is 2.26. The Kier molecular flexibility index (Phi) is 19.7. The summed E-state index contributed by atoms with van der Waals surface area (Å²) in [6.45, 7) is 19.7. The van der Waals surface area contributed by atoms with Crippen LogP contribution in [0.2, 0.25) is 5.02 Å². The van der Waals surface area contributed by atoms with E-state index in [1.54, 1.807) is 12.1 Å². The molecular formula is C29H46ClNO. The number of benzene rings is 2. The standard InChI is InChI=1S/C14H21Cl.C11H13NO.2C2H6/c1-3-5-6-7-12(4-2)13-8-10-14(15)11-9-13;1-7-4-5-10(9(3)13)6-11(7)8(2)12;2*1-2/h8-12H,3-7H2,1-2H3;4-6H,2,12H2,1,3H3;2*1-2H3. The maximum absolute atomic E-state index is 11.1. The van der Waals surface area contributed by atoms with Crippen molar-refractivity contribution in [1.29, 1.82) is 0 Å². The van der Waals surface area contributed by atoms with Crippen LogP contribution in [0.3, 0.4) is 0 Å². The third-order valence-corrected chi connectivity index (χ3v) is 5.23. The lowest BCUT2D eigenvalue weighted by Crippen LogP contribution is -2.00. The van der Waals surface area contributed by atoms with E-state index in [0.29, 0.717) is 17.2 Å². The van der Waals surface area contributed by atoms with E-state index in [1.165, 1.54) is 44.6 Å². The summed E-state index contributed by atoms with van der Waals surface area (Å²) < 4.78 is 0. The highest BCUT2D eigenvalue weighted by molar-refractivity contribution is 6.30. The zero-order valence-electron chi connectivity index (χ0n) is 21.7. The first-order valence-corrected chi connectivity index (χ1v) is 12.5. The van der Waals surface area contributed by atoms with Crippen molar-refractivity contribution in [2.45, 2.75) is 93.4 Å². The van der Waals surface area contributed by atoms with E-state index in [-0.39, 0.29) is 5.78 Å². The van der Waals surface area contributed by atoms with Crippen LogP contribution in [-0.4, -0.2) is 5.78 Å². The molecule has 180 valence electrons. The zero-order chi connectivity index (χ0) is 25.1. The van der Waals surface area contributed by atoms with E-state index in [1.807, 2.05) is 52.8 Å². The van der Waals surface area contributed by atoms with Crippen molar-refractivity contribution < 1.29 is 4.79 Å². The molecule has 0 radical (unpaired) electrons. The lowest BCUT2D eigenvalue weighted by atomic mass is 9.91. The SMILES string of the molecule is C=C(N)c1cc(C(C)=O)ccc1C.CC.CC.CCCCCC(CC)c1ccc(Cl)cc1. The molecule has 0 aliphatic heterocycles. The van der Waals surface area contributed by atoms with Gasteiger partial charge < -0.3 is 5.73 Å². The van der Waals surface area contributed by atoms with E-state index in [9.17, 15) is 4.79 Å². The highest BCUT2D eigenvalue weighted by Gasteiger charge is 2.08. The first-order valence-electron chi connectivity index (χ1n) is 12.1. The van der Waals surface area contributed by atoms with Crippen LogP contribution in [0, 0.1) is 6.92 Å². The predicted molar refractivity (Wildman–Crippen MR) is 146 cm³/mol. The minimum absolute atomic E-state index is 0.0440. The van der Waals surface area contributed by atoms with Crippen LogP contribution in [0.15, 0.2) is 49.0 Å². The molecule has 0 fully saturated rings. The Labute approximate surface area is 203 Å². The minimum atomic E-state index is 0.0440.